The summed E-state index contributed by atoms with van der Waals surface area (Å²) in [5.74, 6) is 0.870. The lowest BCUT2D eigenvalue weighted by Crippen LogP contribution is -2.30. The number of anilines is 1. The minimum atomic E-state index is 0.616. The van der Waals surface area contributed by atoms with Crippen molar-refractivity contribution in [2.24, 2.45) is 0 Å². The lowest BCUT2D eigenvalue weighted by Gasteiger charge is -2.11. The summed E-state index contributed by atoms with van der Waals surface area (Å²) in [6.07, 6.45) is 0.893. The molecule has 0 amide bonds. The zero-order chi connectivity index (χ0) is 18.4. The van der Waals surface area contributed by atoms with Crippen molar-refractivity contribution in [3.8, 4) is 17.0 Å². The highest BCUT2D eigenvalue weighted by atomic mass is 32.1. The maximum atomic E-state index is 5.40. The van der Waals surface area contributed by atoms with Crippen molar-refractivity contribution < 1.29 is 4.74 Å². The number of nitrogens with zero attached hydrogens (tertiary/aromatic N) is 1. The first-order valence-electron chi connectivity index (χ1n) is 8.34. The molecule has 0 aliphatic carbocycles. The lowest BCUT2D eigenvalue weighted by atomic mass is 10.1. The zero-order valence-electron chi connectivity index (χ0n) is 14.8. The molecule has 4 nitrogen and oxygen atoms in total. The van der Waals surface area contributed by atoms with E-state index >= 15 is 0 Å². The van der Waals surface area contributed by atoms with Crippen LogP contribution >= 0.6 is 23.6 Å². The number of hydrogen-bond acceptors (Lipinski definition) is 4. The second-order valence-corrected chi connectivity index (χ2v) is 7.28. The molecule has 0 radical (unpaired) electrons. The summed E-state index contributed by atoms with van der Waals surface area (Å²) in [6.45, 7) is 2.78. The Kier molecular flexibility index (Phi) is 6.20. The molecule has 0 spiro atoms. The zero-order valence-corrected chi connectivity index (χ0v) is 16.4. The van der Waals surface area contributed by atoms with Gasteiger partial charge in [-0.25, -0.2) is 4.98 Å². The highest BCUT2D eigenvalue weighted by Gasteiger charge is 2.04. The summed E-state index contributed by atoms with van der Waals surface area (Å²) in [5.41, 5.74) is 4.27. The van der Waals surface area contributed by atoms with Crippen LogP contribution in [0, 0.1) is 6.92 Å². The Bertz CT molecular complexity index is 875. The standard InChI is InChI=1S/C20H21N3OS2/c1-14-22-19(13-26-14)16-4-3-5-17(12-16)23-20(25)21-11-10-15-6-8-18(24-2)9-7-15/h3-9,12-13H,10-11H2,1-2H3,(H2,21,23,25). The number of aryl methyl sites for hydroxylation is 1. The van der Waals surface area contributed by atoms with Crippen molar-refractivity contribution in [1.82, 2.24) is 10.3 Å². The van der Waals surface area contributed by atoms with E-state index in [-0.39, 0.29) is 0 Å². The molecule has 0 atom stereocenters. The van der Waals surface area contributed by atoms with Gasteiger partial charge in [0.15, 0.2) is 5.11 Å². The minimum Gasteiger partial charge on any atom is -0.497 e. The van der Waals surface area contributed by atoms with E-state index < -0.39 is 0 Å². The van der Waals surface area contributed by atoms with E-state index in [4.69, 9.17) is 17.0 Å². The average Bonchev–Trinajstić information content (AvgIpc) is 3.09. The van der Waals surface area contributed by atoms with Crippen molar-refractivity contribution in [1.29, 1.82) is 0 Å². The number of hydrogen-bond donors (Lipinski definition) is 2. The summed E-state index contributed by atoms with van der Waals surface area (Å²) in [7, 11) is 1.67. The number of thiocarbonyl (C=S) groups is 1. The maximum Gasteiger partial charge on any atom is 0.170 e. The van der Waals surface area contributed by atoms with Crippen LogP contribution in [0.15, 0.2) is 53.9 Å². The Hall–Kier alpha value is -2.44. The predicted molar refractivity (Wildman–Crippen MR) is 113 cm³/mol. The molecule has 3 aromatic rings. The molecule has 0 unspecified atom stereocenters. The van der Waals surface area contributed by atoms with Gasteiger partial charge in [-0.15, -0.1) is 11.3 Å². The van der Waals surface area contributed by atoms with Crippen LogP contribution in [-0.4, -0.2) is 23.8 Å². The van der Waals surface area contributed by atoms with Gasteiger partial charge < -0.3 is 15.4 Å². The quantitative estimate of drug-likeness (QED) is 0.607. The van der Waals surface area contributed by atoms with Crippen LogP contribution in [0.4, 0.5) is 5.69 Å². The number of ether oxygens (including phenoxy) is 1. The Labute approximate surface area is 163 Å². The molecule has 0 saturated heterocycles. The molecule has 0 aliphatic rings. The molecule has 0 aliphatic heterocycles. The molecule has 6 heteroatoms. The molecule has 0 fully saturated rings. The van der Waals surface area contributed by atoms with Gasteiger partial charge >= 0.3 is 0 Å². The highest BCUT2D eigenvalue weighted by Crippen LogP contribution is 2.24. The number of nitrogens with one attached hydrogen (secondary N) is 2. The van der Waals surface area contributed by atoms with Crippen molar-refractivity contribution in [3.63, 3.8) is 0 Å². The molecule has 2 N–H and O–H groups in total. The summed E-state index contributed by atoms with van der Waals surface area (Å²) in [4.78, 5) is 4.53. The van der Waals surface area contributed by atoms with E-state index in [1.807, 2.05) is 31.2 Å². The van der Waals surface area contributed by atoms with Gasteiger partial charge in [0.05, 0.1) is 17.8 Å². The molecule has 0 bridgehead atoms. The Morgan fingerprint density at radius 2 is 2.00 bits per heavy atom. The monoisotopic (exact) mass is 383 g/mol. The van der Waals surface area contributed by atoms with Crippen molar-refractivity contribution in [2.45, 2.75) is 13.3 Å². The third-order valence-electron chi connectivity index (χ3n) is 3.89. The fourth-order valence-electron chi connectivity index (χ4n) is 2.54. The van der Waals surface area contributed by atoms with Crippen LogP contribution in [-0.2, 0) is 6.42 Å². The number of benzene rings is 2. The first-order chi connectivity index (χ1) is 12.6. The molecule has 26 heavy (non-hydrogen) atoms. The van der Waals surface area contributed by atoms with Gasteiger partial charge in [0.1, 0.15) is 5.75 Å². The summed E-state index contributed by atoms with van der Waals surface area (Å²) >= 11 is 7.05. The number of aromatic nitrogens is 1. The van der Waals surface area contributed by atoms with Gasteiger partial charge in [0, 0.05) is 23.2 Å². The molecule has 3 rings (SSSR count). The number of methoxy groups -OCH3 is 1. The van der Waals surface area contributed by atoms with E-state index in [2.05, 4.69) is 45.3 Å². The molecular formula is C20H21N3OS2. The van der Waals surface area contributed by atoms with Gasteiger partial charge in [0.2, 0.25) is 0 Å². The van der Waals surface area contributed by atoms with E-state index in [0.717, 1.165) is 40.7 Å². The van der Waals surface area contributed by atoms with Crippen LogP contribution in [0.2, 0.25) is 0 Å². The predicted octanol–water partition coefficient (Wildman–Crippen LogP) is 4.66. The largest absolute Gasteiger partial charge is 0.497 e. The summed E-state index contributed by atoms with van der Waals surface area (Å²) in [6, 6.07) is 16.2. The maximum absolute atomic E-state index is 5.40. The SMILES string of the molecule is COc1ccc(CCNC(=S)Nc2cccc(-c3csc(C)n3)c2)cc1. The van der Waals surface area contributed by atoms with E-state index in [9.17, 15) is 0 Å². The van der Waals surface area contributed by atoms with Gasteiger partial charge in [0.25, 0.3) is 0 Å². The van der Waals surface area contributed by atoms with Gasteiger partial charge in [-0.05, 0) is 55.4 Å². The third-order valence-corrected chi connectivity index (χ3v) is 4.91. The molecular weight excluding hydrogens is 362 g/mol. The first-order valence-corrected chi connectivity index (χ1v) is 9.63. The second-order valence-electron chi connectivity index (χ2n) is 5.81. The number of rotatable bonds is 6. The molecule has 134 valence electrons. The van der Waals surface area contributed by atoms with Crippen molar-refractivity contribution in [3.05, 3.63) is 64.5 Å². The topological polar surface area (TPSA) is 46.2 Å². The van der Waals surface area contributed by atoms with E-state index in [0.29, 0.717) is 5.11 Å². The highest BCUT2D eigenvalue weighted by molar-refractivity contribution is 7.80. The van der Waals surface area contributed by atoms with Crippen molar-refractivity contribution in [2.75, 3.05) is 19.0 Å². The van der Waals surface area contributed by atoms with Crippen LogP contribution < -0.4 is 15.4 Å². The van der Waals surface area contributed by atoms with Crippen LogP contribution in [0.3, 0.4) is 0 Å². The van der Waals surface area contributed by atoms with Crippen molar-refractivity contribution >= 4 is 34.4 Å². The fraction of sp³-hybridized carbons (Fsp3) is 0.200. The average molecular weight is 384 g/mol. The van der Waals surface area contributed by atoms with Gasteiger partial charge in [-0.3, -0.25) is 0 Å². The van der Waals surface area contributed by atoms with Gasteiger partial charge in [-0.1, -0.05) is 24.3 Å². The lowest BCUT2D eigenvalue weighted by molar-refractivity contribution is 0.414. The molecule has 1 heterocycles. The smallest absolute Gasteiger partial charge is 0.170 e. The van der Waals surface area contributed by atoms with Crippen LogP contribution in [0.1, 0.15) is 10.6 Å². The third kappa shape index (κ3) is 5.03. The second kappa shape index (κ2) is 8.78. The summed E-state index contributed by atoms with van der Waals surface area (Å²) in [5, 5.41) is 10.2. The Balaban J connectivity index is 1.51. The Morgan fingerprint density at radius 3 is 2.69 bits per heavy atom. The van der Waals surface area contributed by atoms with E-state index in [1.54, 1.807) is 18.4 Å². The number of thiazole rings is 1. The van der Waals surface area contributed by atoms with Gasteiger partial charge in [-0.2, -0.15) is 0 Å². The van der Waals surface area contributed by atoms with E-state index in [1.165, 1.54) is 5.56 Å². The Morgan fingerprint density at radius 1 is 1.19 bits per heavy atom. The fourth-order valence-corrected chi connectivity index (χ4v) is 3.38. The normalized spacial score (nSPS) is 10.4. The van der Waals surface area contributed by atoms with Crippen LogP contribution in [0.25, 0.3) is 11.3 Å². The summed E-state index contributed by atoms with van der Waals surface area (Å²) < 4.78 is 5.17. The molecule has 2 aromatic carbocycles. The minimum absolute atomic E-state index is 0.616. The van der Waals surface area contributed by atoms with Crippen LogP contribution in [0.5, 0.6) is 5.75 Å². The first kappa shape index (κ1) is 18.4. The molecule has 1 aromatic heterocycles. The molecule has 0 saturated carbocycles.